The van der Waals surface area contributed by atoms with E-state index in [4.69, 9.17) is 10.00 Å². The van der Waals surface area contributed by atoms with Crippen LogP contribution >= 0.6 is 0 Å². The van der Waals surface area contributed by atoms with Gasteiger partial charge >= 0.3 is 0 Å². The summed E-state index contributed by atoms with van der Waals surface area (Å²) in [7, 11) is 1.60. The molecule has 0 atom stereocenters. The molecule has 84 valence electrons. The molecule has 0 bridgehead atoms. The number of methoxy groups -OCH3 is 1. The molecule has 1 aromatic rings. The van der Waals surface area contributed by atoms with Crippen LogP contribution in [-0.2, 0) is 24.2 Å². The molecule has 0 fully saturated rings. The van der Waals surface area contributed by atoms with Gasteiger partial charge < -0.3 is 9.72 Å². The second-order valence-corrected chi connectivity index (χ2v) is 4.02. The lowest BCUT2D eigenvalue weighted by Crippen LogP contribution is -2.22. The Morgan fingerprint density at radius 2 is 2.06 bits per heavy atom. The normalized spacial score (nSPS) is 14.2. The van der Waals surface area contributed by atoms with E-state index in [9.17, 15) is 4.79 Å². The molecule has 4 nitrogen and oxygen atoms in total. The minimum absolute atomic E-state index is 0.282. The Balaban J connectivity index is 2.63. The van der Waals surface area contributed by atoms with Gasteiger partial charge in [-0.1, -0.05) is 0 Å². The lowest BCUT2D eigenvalue weighted by molar-refractivity contribution is 0.180. The van der Waals surface area contributed by atoms with Crippen molar-refractivity contribution < 1.29 is 4.74 Å². The molecule has 2 rings (SSSR count). The Hall–Kier alpha value is -1.60. The van der Waals surface area contributed by atoms with Gasteiger partial charge in [-0.25, -0.2) is 0 Å². The first kappa shape index (κ1) is 10.9. The maximum atomic E-state index is 11.7. The van der Waals surface area contributed by atoms with Crippen LogP contribution in [0.3, 0.4) is 0 Å². The van der Waals surface area contributed by atoms with Gasteiger partial charge in [0.1, 0.15) is 11.6 Å². The van der Waals surface area contributed by atoms with Gasteiger partial charge in [0.05, 0.1) is 6.61 Å². The van der Waals surface area contributed by atoms with E-state index in [0.717, 1.165) is 42.5 Å². The maximum Gasteiger partial charge on any atom is 0.266 e. The van der Waals surface area contributed by atoms with Crippen molar-refractivity contribution in [3.05, 3.63) is 32.7 Å². The topological polar surface area (TPSA) is 65.9 Å². The number of aromatic amines is 1. The third-order valence-corrected chi connectivity index (χ3v) is 3.03. The van der Waals surface area contributed by atoms with Gasteiger partial charge in [-0.2, -0.15) is 5.26 Å². The summed E-state index contributed by atoms with van der Waals surface area (Å²) in [5.41, 5.74) is 2.89. The predicted octanol–water partition coefficient (Wildman–Crippen LogP) is 1.27. The predicted molar refractivity (Wildman–Crippen MR) is 59.1 cm³/mol. The second kappa shape index (κ2) is 4.50. The highest BCUT2D eigenvalue weighted by Crippen LogP contribution is 2.24. The molecule has 0 aromatic carbocycles. The Bertz CT molecular complexity index is 497. The zero-order valence-electron chi connectivity index (χ0n) is 9.30. The number of nitrogens with zero attached hydrogens (tertiary/aromatic N) is 1. The average molecular weight is 218 g/mol. The van der Waals surface area contributed by atoms with Gasteiger partial charge in [0.25, 0.3) is 5.56 Å². The summed E-state index contributed by atoms with van der Waals surface area (Å²) in [5, 5.41) is 8.99. The van der Waals surface area contributed by atoms with E-state index >= 15 is 0 Å². The molecular formula is C12H14N2O2. The molecular weight excluding hydrogens is 204 g/mol. The molecule has 1 aliphatic carbocycles. The number of pyridine rings is 1. The fourth-order valence-electron chi connectivity index (χ4n) is 2.31. The molecule has 1 heterocycles. The third-order valence-electron chi connectivity index (χ3n) is 3.03. The number of H-pyrrole nitrogens is 1. The summed E-state index contributed by atoms with van der Waals surface area (Å²) in [6.45, 7) is 0.406. The van der Waals surface area contributed by atoms with Gasteiger partial charge in [0, 0.05) is 12.8 Å². The summed E-state index contributed by atoms with van der Waals surface area (Å²) < 4.78 is 5.07. The Morgan fingerprint density at radius 3 is 2.69 bits per heavy atom. The molecule has 1 N–H and O–H groups in total. The number of fused-ring (bicyclic) bond motifs is 1. The van der Waals surface area contributed by atoms with Gasteiger partial charge in [0.15, 0.2) is 0 Å². The third kappa shape index (κ3) is 1.74. The van der Waals surface area contributed by atoms with E-state index in [0.29, 0.717) is 6.61 Å². The van der Waals surface area contributed by atoms with E-state index in [1.807, 2.05) is 6.07 Å². The fourth-order valence-corrected chi connectivity index (χ4v) is 2.31. The summed E-state index contributed by atoms with van der Waals surface area (Å²) >= 11 is 0. The average Bonchev–Trinajstić information content (AvgIpc) is 2.30. The van der Waals surface area contributed by atoms with Crippen LogP contribution in [0.25, 0.3) is 0 Å². The Labute approximate surface area is 93.9 Å². The zero-order valence-corrected chi connectivity index (χ0v) is 9.30. The van der Waals surface area contributed by atoms with Gasteiger partial charge in [-0.05, 0) is 36.8 Å². The SMILES string of the molecule is COCc1[nH]c(=O)c(C#N)c2c1CCCC2. The first-order valence-electron chi connectivity index (χ1n) is 5.44. The van der Waals surface area contributed by atoms with Crippen molar-refractivity contribution in [1.29, 1.82) is 5.26 Å². The van der Waals surface area contributed by atoms with Gasteiger partial charge in [-0.15, -0.1) is 0 Å². The van der Waals surface area contributed by atoms with E-state index in [-0.39, 0.29) is 11.1 Å². The van der Waals surface area contributed by atoms with Gasteiger partial charge in [0.2, 0.25) is 0 Å². The van der Waals surface area contributed by atoms with Crippen LogP contribution < -0.4 is 5.56 Å². The maximum absolute atomic E-state index is 11.7. The van der Waals surface area contributed by atoms with Crippen molar-refractivity contribution in [2.75, 3.05) is 7.11 Å². The lowest BCUT2D eigenvalue weighted by atomic mass is 9.88. The van der Waals surface area contributed by atoms with Crippen molar-refractivity contribution in [2.24, 2.45) is 0 Å². The lowest BCUT2D eigenvalue weighted by Gasteiger charge is -2.19. The summed E-state index contributed by atoms with van der Waals surface area (Å²) in [4.78, 5) is 14.4. The minimum Gasteiger partial charge on any atom is -0.378 e. The summed E-state index contributed by atoms with van der Waals surface area (Å²) in [6.07, 6.45) is 3.93. The standard InChI is InChI=1S/C12H14N2O2/c1-16-7-11-9-5-3-2-4-8(9)10(6-13)12(15)14-11/h2-5,7H2,1H3,(H,14,15). The number of hydrogen-bond donors (Lipinski definition) is 1. The first-order chi connectivity index (χ1) is 7.77. The summed E-state index contributed by atoms with van der Waals surface area (Å²) in [6, 6.07) is 2.01. The van der Waals surface area contributed by atoms with Crippen molar-refractivity contribution in [1.82, 2.24) is 4.98 Å². The number of nitriles is 1. The smallest absolute Gasteiger partial charge is 0.266 e. The highest BCUT2D eigenvalue weighted by Gasteiger charge is 2.19. The Morgan fingerprint density at radius 1 is 1.38 bits per heavy atom. The number of ether oxygens (including phenoxy) is 1. The molecule has 0 amide bonds. The van der Waals surface area contributed by atoms with E-state index in [1.165, 1.54) is 0 Å². The summed E-state index contributed by atoms with van der Waals surface area (Å²) in [5.74, 6) is 0. The molecule has 1 aromatic heterocycles. The quantitative estimate of drug-likeness (QED) is 0.813. The highest BCUT2D eigenvalue weighted by molar-refractivity contribution is 5.44. The van der Waals surface area contributed by atoms with E-state index in [2.05, 4.69) is 4.98 Å². The molecule has 1 aliphatic rings. The van der Waals surface area contributed by atoms with Crippen molar-refractivity contribution >= 4 is 0 Å². The molecule has 0 unspecified atom stereocenters. The van der Waals surface area contributed by atoms with Crippen molar-refractivity contribution in [2.45, 2.75) is 32.3 Å². The molecule has 0 saturated heterocycles. The molecule has 0 spiro atoms. The molecule has 0 radical (unpaired) electrons. The monoisotopic (exact) mass is 218 g/mol. The van der Waals surface area contributed by atoms with Crippen LogP contribution in [0.2, 0.25) is 0 Å². The minimum atomic E-state index is -0.282. The van der Waals surface area contributed by atoms with Crippen LogP contribution in [0.1, 0.15) is 35.2 Å². The van der Waals surface area contributed by atoms with Crippen LogP contribution in [0.4, 0.5) is 0 Å². The van der Waals surface area contributed by atoms with Gasteiger partial charge in [-0.3, -0.25) is 4.79 Å². The van der Waals surface area contributed by atoms with Crippen LogP contribution in [0.15, 0.2) is 4.79 Å². The van der Waals surface area contributed by atoms with Crippen molar-refractivity contribution in [3.63, 3.8) is 0 Å². The molecule has 4 heteroatoms. The number of rotatable bonds is 2. The number of nitrogens with one attached hydrogen (secondary N) is 1. The Kier molecular flexibility index (Phi) is 3.07. The van der Waals surface area contributed by atoms with Crippen LogP contribution in [0.5, 0.6) is 0 Å². The van der Waals surface area contributed by atoms with E-state index in [1.54, 1.807) is 7.11 Å². The fraction of sp³-hybridized carbons (Fsp3) is 0.500. The molecule has 0 aliphatic heterocycles. The van der Waals surface area contributed by atoms with Crippen LogP contribution in [-0.4, -0.2) is 12.1 Å². The molecule has 0 saturated carbocycles. The zero-order chi connectivity index (χ0) is 11.5. The van der Waals surface area contributed by atoms with Crippen LogP contribution in [0, 0.1) is 11.3 Å². The van der Waals surface area contributed by atoms with E-state index < -0.39 is 0 Å². The molecule has 16 heavy (non-hydrogen) atoms. The number of hydrogen-bond acceptors (Lipinski definition) is 3. The highest BCUT2D eigenvalue weighted by atomic mass is 16.5. The second-order valence-electron chi connectivity index (χ2n) is 4.02. The van der Waals surface area contributed by atoms with Crippen molar-refractivity contribution in [3.8, 4) is 6.07 Å². The first-order valence-corrected chi connectivity index (χ1v) is 5.44. The number of aromatic nitrogens is 1. The largest absolute Gasteiger partial charge is 0.378 e.